The summed E-state index contributed by atoms with van der Waals surface area (Å²) in [5.41, 5.74) is 2.01. The first kappa shape index (κ1) is 14.5. The van der Waals surface area contributed by atoms with E-state index in [-0.39, 0.29) is 5.91 Å². The zero-order valence-corrected chi connectivity index (χ0v) is 11.9. The minimum absolute atomic E-state index is 0.0525. The summed E-state index contributed by atoms with van der Waals surface area (Å²) in [6, 6.07) is 5.73. The van der Waals surface area contributed by atoms with Crippen LogP contribution in [0, 0.1) is 6.92 Å². The second kappa shape index (κ2) is 6.52. The molecule has 1 aromatic carbocycles. The van der Waals surface area contributed by atoms with Gasteiger partial charge in [0.15, 0.2) is 0 Å². The van der Waals surface area contributed by atoms with Crippen molar-refractivity contribution in [1.29, 1.82) is 0 Å². The molecule has 2 rings (SSSR count). The summed E-state index contributed by atoms with van der Waals surface area (Å²) in [6.45, 7) is 2.57. The van der Waals surface area contributed by atoms with Crippen LogP contribution in [0.1, 0.15) is 35.2 Å². The predicted molar refractivity (Wildman–Crippen MR) is 76.8 cm³/mol. The summed E-state index contributed by atoms with van der Waals surface area (Å²) < 4.78 is 4.67. The molecule has 0 heterocycles. The van der Waals surface area contributed by atoms with E-state index in [0.29, 0.717) is 30.3 Å². The Morgan fingerprint density at radius 1 is 1.35 bits per heavy atom. The smallest absolute Gasteiger partial charge is 0.337 e. The van der Waals surface area contributed by atoms with Crippen LogP contribution in [0.3, 0.4) is 0 Å². The molecule has 1 fully saturated rings. The van der Waals surface area contributed by atoms with Gasteiger partial charge in [-0.3, -0.25) is 4.79 Å². The van der Waals surface area contributed by atoms with Crippen LogP contribution in [0.5, 0.6) is 0 Å². The Kier molecular flexibility index (Phi) is 4.74. The maximum atomic E-state index is 11.8. The third-order valence-electron chi connectivity index (χ3n) is 3.30. The van der Waals surface area contributed by atoms with Crippen LogP contribution < -0.4 is 10.6 Å². The second-order valence-electron chi connectivity index (χ2n) is 5.05. The van der Waals surface area contributed by atoms with Crippen molar-refractivity contribution in [2.75, 3.05) is 19.0 Å². The summed E-state index contributed by atoms with van der Waals surface area (Å²) >= 11 is 0. The highest BCUT2D eigenvalue weighted by atomic mass is 16.5. The summed E-state index contributed by atoms with van der Waals surface area (Å²) in [5, 5.41) is 6.13. The molecule has 1 aromatic rings. The van der Waals surface area contributed by atoms with Gasteiger partial charge in [-0.2, -0.15) is 0 Å². The molecular weight excluding hydrogens is 256 g/mol. The lowest BCUT2D eigenvalue weighted by atomic mass is 10.1. The van der Waals surface area contributed by atoms with E-state index >= 15 is 0 Å². The Bertz CT molecular complexity index is 510. The Morgan fingerprint density at radius 2 is 2.10 bits per heavy atom. The molecule has 0 bridgehead atoms. The van der Waals surface area contributed by atoms with Gasteiger partial charge in [-0.15, -0.1) is 0 Å². The number of esters is 1. The SMILES string of the molecule is COC(=O)c1ccc(C)c(NC(=O)CCNC2CC2)c1. The van der Waals surface area contributed by atoms with Crippen molar-refractivity contribution in [2.24, 2.45) is 0 Å². The molecule has 5 heteroatoms. The van der Waals surface area contributed by atoms with Gasteiger partial charge in [-0.05, 0) is 37.5 Å². The molecule has 0 aliphatic heterocycles. The maximum Gasteiger partial charge on any atom is 0.337 e. The Morgan fingerprint density at radius 3 is 2.75 bits per heavy atom. The average molecular weight is 276 g/mol. The number of hydrogen-bond donors (Lipinski definition) is 2. The monoisotopic (exact) mass is 276 g/mol. The molecule has 0 atom stereocenters. The van der Waals surface area contributed by atoms with Gasteiger partial charge < -0.3 is 15.4 Å². The van der Waals surface area contributed by atoms with Crippen molar-refractivity contribution in [3.63, 3.8) is 0 Å². The van der Waals surface area contributed by atoms with Crippen LogP contribution in [-0.2, 0) is 9.53 Å². The summed E-state index contributed by atoms with van der Waals surface area (Å²) in [4.78, 5) is 23.3. The highest BCUT2D eigenvalue weighted by molar-refractivity contribution is 5.95. The second-order valence-corrected chi connectivity index (χ2v) is 5.05. The van der Waals surface area contributed by atoms with E-state index in [9.17, 15) is 9.59 Å². The number of anilines is 1. The van der Waals surface area contributed by atoms with Crippen LogP contribution >= 0.6 is 0 Å². The lowest BCUT2D eigenvalue weighted by Gasteiger charge is -2.10. The number of aryl methyl sites for hydroxylation is 1. The molecular formula is C15H20N2O3. The number of methoxy groups -OCH3 is 1. The van der Waals surface area contributed by atoms with E-state index < -0.39 is 5.97 Å². The third kappa shape index (κ3) is 4.06. The van der Waals surface area contributed by atoms with Crippen LogP contribution in [0.2, 0.25) is 0 Å². The average Bonchev–Trinajstić information content (AvgIpc) is 3.24. The van der Waals surface area contributed by atoms with Crippen LogP contribution in [0.4, 0.5) is 5.69 Å². The molecule has 1 amide bonds. The lowest BCUT2D eigenvalue weighted by molar-refractivity contribution is -0.116. The lowest BCUT2D eigenvalue weighted by Crippen LogP contribution is -2.23. The molecule has 0 spiro atoms. The van der Waals surface area contributed by atoms with Gasteiger partial charge in [-0.25, -0.2) is 4.79 Å². The highest BCUT2D eigenvalue weighted by Crippen LogP contribution is 2.19. The first-order chi connectivity index (χ1) is 9.60. The van der Waals surface area contributed by atoms with Crippen LogP contribution in [-0.4, -0.2) is 31.6 Å². The number of amides is 1. The standard InChI is InChI=1S/C15H20N2O3/c1-10-3-4-11(15(19)20-2)9-13(10)17-14(18)7-8-16-12-5-6-12/h3-4,9,12,16H,5-8H2,1-2H3,(H,17,18). The summed E-state index contributed by atoms with van der Waals surface area (Å²) in [7, 11) is 1.34. The number of benzene rings is 1. The molecule has 0 aromatic heterocycles. The van der Waals surface area contributed by atoms with E-state index in [0.717, 1.165) is 5.56 Å². The molecule has 5 nitrogen and oxygen atoms in total. The molecule has 108 valence electrons. The highest BCUT2D eigenvalue weighted by Gasteiger charge is 2.20. The van der Waals surface area contributed by atoms with Gasteiger partial charge in [0.05, 0.1) is 12.7 Å². The van der Waals surface area contributed by atoms with Crippen molar-refractivity contribution < 1.29 is 14.3 Å². The fourth-order valence-corrected chi connectivity index (χ4v) is 1.89. The number of carbonyl (C=O) groups is 2. The van der Waals surface area contributed by atoms with Gasteiger partial charge in [0, 0.05) is 24.7 Å². The molecule has 0 unspecified atom stereocenters. The van der Waals surface area contributed by atoms with Gasteiger partial charge in [0.25, 0.3) is 0 Å². The minimum Gasteiger partial charge on any atom is -0.465 e. The number of ether oxygens (including phenoxy) is 1. The largest absolute Gasteiger partial charge is 0.465 e. The first-order valence-corrected chi connectivity index (χ1v) is 6.82. The zero-order valence-electron chi connectivity index (χ0n) is 11.9. The normalized spacial score (nSPS) is 13.9. The van der Waals surface area contributed by atoms with E-state index in [4.69, 9.17) is 0 Å². The quantitative estimate of drug-likeness (QED) is 0.778. The molecule has 20 heavy (non-hydrogen) atoms. The molecule has 1 aliphatic carbocycles. The fourth-order valence-electron chi connectivity index (χ4n) is 1.89. The molecule has 1 saturated carbocycles. The number of hydrogen-bond acceptors (Lipinski definition) is 4. The number of nitrogens with one attached hydrogen (secondary N) is 2. The molecule has 1 aliphatic rings. The van der Waals surface area contributed by atoms with Gasteiger partial charge in [-0.1, -0.05) is 6.07 Å². The maximum absolute atomic E-state index is 11.8. The van der Waals surface area contributed by atoms with E-state index in [1.54, 1.807) is 18.2 Å². The molecule has 2 N–H and O–H groups in total. The van der Waals surface area contributed by atoms with Crippen molar-refractivity contribution in [2.45, 2.75) is 32.2 Å². The van der Waals surface area contributed by atoms with Crippen molar-refractivity contribution in [1.82, 2.24) is 5.32 Å². The molecule has 0 radical (unpaired) electrons. The number of rotatable bonds is 6. The first-order valence-electron chi connectivity index (χ1n) is 6.82. The predicted octanol–water partition coefficient (Wildman–Crippen LogP) is 1.86. The van der Waals surface area contributed by atoms with Crippen LogP contribution in [0.15, 0.2) is 18.2 Å². The molecule has 0 saturated heterocycles. The Balaban J connectivity index is 1.92. The van der Waals surface area contributed by atoms with Crippen molar-refractivity contribution >= 4 is 17.6 Å². The Labute approximate surface area is 118 Å². The van der Waals surface area contributed by atoms with Crippen molar-refractivity contribution in [3.8, 4) is 0 Å². The Hall–Kier alpha value is -1.88. The van der Waals surface area contributed by atoms with Gasteiger partial charge >= 0.3 is 5.97 Å². The topological polar surface area (TPSA) is 67.4 Å². The van der Waals surface area contributed by atoms with Crippen molar-refractivity contribution in [3.05, 3.63) is 29.3 Å². The van der Waals surface area contributed by atoms with Gasteiger partial charge in [0.2, 0.25) is 5.91 Å². The number of carbonyl (C=O) groups excluding carboxylic acids is 2. The van der Waals surface area contributed by atoms with E-state index in [1.807, 2.05) is 6.92 Å². The zero-order chi connectivity index (χ0) is 14.5. The minimum atomic E-state index is -0.407. The fraction of sp³-hybridized carbons (Fsp3) is 0.467. The third-order valence-corrected chi connectivity index (χ3v) is 3.30. The van der Waals surface area contributed by atoms with E-state index in [2.05, 4.69) is 15.4 Å². The summed E-state index contributed by atoms with van der Waals surface area (Å²) in [5.74, 6) is -0.459. The van der Waals surface area contributed by atoms with Gasteiger partial charge in [0.1, 0.15) is 0 Å². The summed E-state index contributed by atoms with van der Waals surface area (Å²) in [6.07, 6.45) is 2.85. The van der Waals surface area contributed by atoms with E-state index in [1.165, 1.54) is 20.0 Å². The van der Waals surface area contributed by atoms with Crippen LogP contribution in [0.25, 0.3) is 0 Å².